The fourth-order valence-electron chi connectivity index (χ4n) is 1.01. The topological polar surface area (TPSA) is 41.6 Å². The molecule has 0 unspecified atom stereocenters. The Kier molecular flexibility index (Phi) is 3.89. The summed E-state index contributed by atoms with van der Waals surface area (Å²) in [6.07, 6.45) is 0. The summed E-state index contributed by atoms with van der Waals surface area (Å²) in [5, 5.41) is 7.44. The summed E-state index contributed by atoms with van der Waals surface area (Å²) in [5.74, 6) is 0. The van der Waals surface area contributed by atoms with Crippen LogP contribution in [0.15, 0.2) is 10.7 Å². The second-order valence-electron chi connectivity index (χ2n) is 2.48. The monoisotopic (exact) mass is 275 g/mol. The Balaban J connectivity index is 0.000000461. The van der Waals surface area contributed by atoms with E-state index in [9.17, 15) is 0 Å². The number of pyridine rings is 1. The van der Waals surface area contributed by atoms with E-state index >= 15 is 0 Å². The highest BCUT2D eigenvalue weighted by molar-refractivity contribution is 9.10. The first-order valence-corrected chi connectivity index (χ1v) is 5.52. The van der Waals surface area contributed by atoms with Gasteiger partial charge in [-0.3, -0.25) is 5.10 Å². The van der Waals surface area contributed by atoms with E-state index in [0.29, 0.717) is 9.63 Å². The predicted molar refractivity (Wildman–Crippen MR) is 62.7 cm³/mol. The van der Waals surface area contributed by atoms with Crippen molar-refractivity contribution in [3.8, 4) is 0 Å². The third kappa shape index (κ3) is 2.07. The lowest BCUT2D eigenvalue weighted by Gasteiger charge is -1.93. The number of aromatic amines is 1. The summed E-state index contributed by atoms with van der Waals surface area (Å²) < 4.78 is 0.654. The van der Waals surface area contributed by atoms with Crippen LogP contribution in [0.25, 0.3) is 11.0 Å². The molecule has 14 heavy (non-hydrogen) atoms. The molecule has 0 aliphatic heterocycles. The fraction of sp³-hybridized carbons (Fsp3) is 0.333. The van der Waals surface area contributed by atoms with Crippen LogP contribution in [0, 0.1) is 6.92 Å². The quantitative estimate of drug-likeness (QED) is 0.745. The molecule has 76 valence electrons. The number of hydrogen-bond acceptors (Lipinski definition) is 2. The molecule has 0 atom stereocenters. The molecule has 0 saturated heterocycles. The Labute approximate surface area is 96.0 Å². The number of halogens is 2. The van der Waals surface area contributed by atoms with E-state index in [0.717, 1.165) is 16.7 Å². The van der Waals surface area contributed by atoms with Gasteiger partial charge in [0.2, 0.25) is 0 Å². The number of H-pyrrole nitrogens is 1. The smallest absolute Gasteiger partial charge is 0.125 e. The van der Waals surface area contributed by atoms with Crippen molar-refractivity contribution in [3.05, 3.63) is 21.4 Å². The predicted octanol–water partition coefficient (Wildman–Crippen LogP) is 3.71. The van der Waals surface area contributed by atoms with E-state index in [-0.39, 0.29) is 0 Å². The molecule has 0 bridgehead atoms. The number of nitrogens with zero attached hydrogens (tertiary/aromatic N) is 2. The molecule has 0 spiro atoms. The SMILES string of the molecule is CC.Cc1[nH]nc2cc(Cl)c(Br)nc12. The van der Waals surface area contributed by atoms with Crippen molar-refractivity contribution < 1.29 is 0 Å². The lowest BCUT2D eigenvalue weighted by Crippen LogP contribution is -1.79. The van der Waals surface area contributed by atoms with Crippen LogP contribution >= 0.6 is 27.5 Å². The zero-order chi connectivity index (χ0) is 10.7. The maximum Gasteiger partial charge on any atom is 0.125 e. The van der Waals surface area contributed by atoms with Crippen molar-refractivity contribution in [2.45, 2.75) is 20.8 Å². The Morgan fingerprint density at radius 2 is 2.07 bits per heavy atom. The summed E-state index contributed by atoms with van der Waals surface area (Å²) in [5.41, 5.74) is 2.59. The minimum absolute atomic E-state index is 0.578. The minimum Gasteiger partial charge on any atom is -0.280 e. The van der Waals surface area contributed by atoms with Crippen LogP contribution in [-0.4, -0.2) is 15.2 Å². The fourth-order valence-corrected chi connectivity index (χ4v) is 1.45. The molecule has 2 rings (SSSR count). The second-order valence-corrected chi connectivity index (χ2v) is 3.64. The molecular formula is C9H11BrClN3. The average Bonchev–Trinajstić information content (AvgIpc) is 2.53. The second kappa shape index (κ2) is 4.75. The number of hydrogen-bond donors (Lipinski definition) is 1. The lowest BCUT2D eigenvalue weighted by molar-refractivity contribution is 1.07. The van der Waals surface area contributed by atoms with E-state index in [2.05, 4.69) is 31.1 Å². The van der Waals surface area contributed by atoms with Crippen LogP contribution in [0.4, 0.5) is 0 Å². The van der Waals surface area contributed by atoms with Crippen molar-refractivity contribution in [1.82, 2.24) is 15.2 Å². The number of aryl methyl sites for hydroxylation is 1. The normalized spacial score (nSPS) is 9.79. The van der Waals surface area contributed by atoms with Crippen molar-refractivity contribution in [3.63, 3.8) is 0 Å². The van der Waals surface area contributed by atoms with Gasteiger partial charge in [-0.2, -0.15) is 5.10 Å². The zero-order valence-corrected chi connectivity index (χ0v) is 10.6. The van der Waals surface area contributed by atoms with Crippen LogP contribution in [-0.2, 0) is 0 Å². The van der Waals surface area contributed by atoms with Crippen molar-refractivity contribution in [1.29, 1.82) is 0 Å². The molecule has 2 aromatic rings. The summed E-state index contributed by atoms with van der Waals surface area (Å²) in [6, 6.07) is 1.78. The maximum absolute atomic E-state index is 5.83. The summed E-state index contributed by atoms with van der Waals surface area (Å²) in [6.45, 7) is 5.92. The molecule has 0 aliphatic rings. The first-order chi connectivity index (χ1) is 6.68. The highest BCUT2D eigenvalue weighted by atomic mass is 79.9. The Morgan fingerprint density at radius 3 is 2.71 bits per heavy atom. The van der Waals surface area contributed by atoms with Crippen LogP contribution in [0.5, 0.6) is 0 Å². The average molecular weight is 277 g/mol. The molecule has 1 N–H and O–H groups in total. The summed E-state index contributed by atoms with van der Waals surface area (Å²) in [4.78, 5) is 4.23. The van der Waals surface area contributed by atoms with E-state index in [1.807, 2.05) is 20.8 Å². The molecule has 0 fully saturated rings. The Bertz CT molecular complexity index is 439. The molecule has 2 heterocycles. The van der Waals surface area contributed by atoms with E-state index in [1.165, 1.54) is 0 Å². The lowest BCUT2D eigenvalue weighted by atomic mass is 10.3. The largest absolute Gasteiger partial charge is 0.280 e. The molecule has 2 aromatic heterocycles. The minimum atomic E-state index is 0.578. The van der Waals surface area contributed by atoms with Gasteiger partial charge in [-0.05, 0) is 28.9 Å². The molecule has 3 nitrogen and oxygen atoms in total. The Hall–Kier alpha value is -0.610. The van der Waals surface area contributed by atoms with Crippen LogP contribution in [0.1, 0.15) is 19.5 Å². The van der Waals surface area contributed by atoms with Gasteiger partial charge in [0.05, 0.1) is 10.7 Å². The van der Waals surface area contributed by atoms with Gasteiger partial charge in [0.15, 0.2) is 0 Å². The summed E-state index contributed by atoms with van der Waals surface area (Å²) >= 11 is 9.08. The number of aromatic nitrogens is 3. The summed E-state index contributed by atoms with van der Waals surface area (Å²) in [7, 11) is 0. The molecule has 0 aliphatic carbocycles. The highest BCUT2D eigenvalue weighted by Crippen LogP contribution is 2.24. The van der Waals surface area contributed by atoms with E-state index in [1.54, 1.807) is 6.07 Å². The van der Waals surface area contributed by atoms with Gasteiger partial charge in [-0.25, -0.2) is 4.98 Å². The van der Waals surface area contributed by atoms with Gasteiger partial charge in [0.1, 0.15) is 15.6 Å². The molecular weight excluding hydrogens is 265 g/mol. The Morgan fingerprint density at radius 1 is 1.43 bits per heavy atom. The zero-order valence-electron chi connectivity index (χ0n) is 8.23. The molecule has 0 saturated carbocycles. The number of rotatable bonds is 0. The van der Waals surface area contributed by atoms with Gasteiger partial charge in [0.25, 0.3) is 0 Å². The van der Waals surface area contributed by atoms with Gasteiger partial charge in [-0.1, -0.05) is 25.4 Å². The van der Waals surface area contributed by atoms with Gasteiger partial charge < -0.3 is 0 Å². The molecule has 0 amide bonds. The van der Waals surface area contributed by atoms with Gasteiger partial charge in [-0.15, -0.1) is 0 Å². The van der Waals surface area contributed by atoms with Crippen LogP contribution in [0.3, 0.4) is 0 Å². The third-order valence-corrected chi connectivity index (χ3v) is 2.73. The molecule has 0 aromatic carbocycles. The maximum atomic E-state index is 5.83. The van der Waals surface area contributed by atoms with Crippen molar-refractivity contribution in [2.24, 2.45) is 0 Å². The van der Waals surface area contributed by atoms with Crippen molar-refractivity contribution >= 4 is 38.6 Å². The van der Waals surface area contributed by atoms with E-state index in [4.69, 9.17) is 11.6 Å². The number of fused-ring (bicyclic) bond motifs is 1. The van der Waals surface area contributed by atoms with Gasteiger partial charge >= 0.3 is 0 Å². The van der Waals surface area contributed by atoms with Crippen LogP contribution in [0.2, 0.25) is 5.02 Å². The van der Waals surface area contributed by atoms with Gasteiger partial charge in [0, 0.05) is 0 Å². The standard InChI is InChI=1S/C7H5BrClN3.C2H6/c1-3-6-5(12-11-3)2-4(9)7(8)10-6;1-2/h2H,1H3,(H,11,12);1-2H3. The molecule has 5 heteroatoms. The van der Waals surface area contributed by atoms with Crippen LogP contribution < -0.4 is 0 Å². The highest BCUT2D eigenvalue weighted by Gasteiger charge is 2.06. The van der Waals surface area contributed by atoms with E-state index < -0.39 is 0 Å². The first kappa shape index (κ1) is 11.5. The molecule has 0 radical (unpaired) electrons. The van der Waals surface area contributed by atoms with Crippen molar-refractivity contribution in [2.75, 3.05) is 0 Å². The first-order valence-electron chi connectivity index (χ1n) is 4.35. The number of nitrogens with one attached hydrogen (secondary N) is 1. The third-order valence-electron chi connectivity index (χ3n) is 1.61.